The fourth-order valence-corrected chi connectivity index (χ4v) is 3.28. The van der Waals surface area contributed by atoms with Gasteiger partial charge in [-0.2, -0.15) is 0 Å². The number of benzene rings is 1. The molecule has 1 aliphatic rings. The molecule has 3 nitrogen and oxygen atoms in total. The maximum absolute atomic E-state index is 11.8. The van der Waals surface area contributed by atoms with Crippen molar-refractivity contribution in [1.82, 2.24) is 0 Å². The van der Waals surface area contributed by atoms with Crippen LogP contribution in [0.1, 0.15) is 51.0 Å². The molecule has 0 unspecified atom stereocenters. The molecule has 0 aliphatic heterocycles. The van der Waals surface area contributed by atoms with Crippen molar-refractivity contribution in [1.29, 1.82) is 0 Å². The van der Waals surface area contributed by atoms with Crippen LogP contribution in [0.2, 0.25) is 0 Å². The van der Waals surface area contributed by atoms with Crippen molar-refractivity contribution in [3.63, 3.8) is 0 Å². The van der Waals surface area contributed by atoms with Gasteiger partial charge in [-0.05, 0) is 38.2 Å². The van der Waals surface area contributed by atoms with Crippen LogP contribution >= 0.6 is 0 Å². The molecule has 2 rings (SSSR count). The molecule has 3 atom stereocenters. The van der Waals surface area contributed by atoms with Crippen molar-refractivity contribution in [2.45, 2.75) is 57.6 Å². The SMILES string of the molecule is C[C@H](N)C(=O)O[C@@H](C)[C@@H](c1ccccc1)C1CCCC1. The molecule has 2 N–H and O–H groups in total. The molecule has 3 heteroatoms. The van der Waals surface area contributed by atoms with Gasteiger partial charge in [-0.1, -0.05) is 43.2 Å². The topological polar surface area (TPSA) is 52.3 Å². The average molecular weight is 275 g/mol. The molecule has 0 radical (unpaired) electrons. The molecule has 0 spiro atoms. The molecular weight excluding hydrogens is 250 g/mol. The summed E-state index contributed by atoms with van der Waals surface area (Å²) in [5, 5.41) is 0. The van der Waals surface area contributed by atoms with Crippen LogP contribution in [-0.4, -0.2) is 18.1 Å². The van der Waals surface area contributed by atoms with Gasteiger partial charge in [-0.25, -0.2) is 0 Å². The van der Waals surface area contributed by atoms with Crippen molar-refractivity contribution < 1.29 is 9.53 Å². The summed E-state index contributed by atoms with van der Waals surface area (Å²) < 4.78 is 5.58. The van der Waals surface area contributed by atoms with Crippen LogP contribution in [0, 0.1) is 5.92 Å². The molecule has 20 heavy (non-hydrogen) atoms. The van der Waals surface area contributed by atoms with Crippen molar-refractivity contribution in [2.24, 2.45) is 11.7 Å². The minimum atomic E-state index is -0.558. The number of ether oxygens (including phenoxy) is 1. The fraction of sp³-hybridized carbons (Fsp3) is 0.588. The summed E-state index contributed by atoms with van der Waals surface area (Å²) in [5.41, 5.74) is 6.87. The molecule has 1 fully saturated rings. The van der Waals surface area contributed by atoms with E-state index in [0.29, 0.717) is 5.92 Å². The Balaban J connectivity index is 2.16. The molecule has 1 aliphatic carbocycles. The normalized spacial score (nSPS) is 20.4. The minimum absolute atomic E-state index is 0.126. The van der Waals surface area contributed by atoms with Gasteiger partial charge < -0.3 is 10.5 Å². The van der Waals surface area contributed by atoms with Gasteiger partial charge in [-0.3, -0.25) is 4.79 Å². The van der Waals surface area contributed by atoms with Gasteiger partial charge in [0.15, 0.2) is 0 Å². The van der Waals surface area contributed by atoms with Crippen molar-refractivity contribution >= 4 is 5.97 Å². The fourth-order valence-electron chi connectivity index (χ4n) is 3.28. The Labute approximate surface area is 121 Å². The highest BCUT2D eigenvalue weighted by Crippen LogP contribution is 2.40. The van der Waals surface area contributed by atoms with Crippen LogP contribution in [0.5, 0.6) is 0 Å². The minimum Gasteiger partial charge on any atom is -0.461 e. The van der Waals surface area contributed by atoms with E-state index in [0.717, 1.165) is 0 Å². The molecule has 0 saturated heterocycles. The number of carbonyl (C=O) groups is 1. The molecule has 0 bridgehead atoms. The van der Waals surface area contributed by atoms with Crippen molar-refractivity contribution in [3.8, 4) is 0 Å². The van der Waals surface area contributed by atoms with Gasteiger partial charge in [0.2, 0.25) is 0 Å². The Morgan fingerprint density at radius 2 is 1.80 bits per heavy atom. The van der Waals surface area contributed by atoms with E-state index in [-0.39, 0.29) is 18.0 Å². The number of hydrogen-bond donors (Lipinski definition) is 1. The van der Waals surface area contributed by atoms with Gasteiger partial charge >= 0.3 is 5.97 Å². The Bertz CT molecular complexity index is 424. The lowest BCUT2D eigenvalue weighted by Crippen LogP contribution is -2.35. The van der Waals surface area contributed by atoms with Gasteiger partial charge in [0, 0.05) is 5.92 Å². The second kappa shape index (κ2) is 6.89. The molecule has 0 heterocycles. The third-order valence-electron chi connectivity index (χ3n) is 4.27. The van der Waals surface area contributed by atoms with E-state index in [1.165, 1.54) is 31.2 Å². The first-order valence-electron chi connectivity index (χ1n) is 7.60. The summed E-state index contributed by atoms with van der Waals surface area (Å²) in [4.78, 5) is 11.8. The van der Waals surface area contributed by atoms with E-state index in [1.54, 1.807) is 6.92 Å². The predicted octanol–water partition coefficient (Wildman–Crippen LogP) is 3.24. The van der Waals surface area contributed by atoms with Gasteiger partial charge in [0.1, 0.15) is 12.1 Å². The second-order valence-corrected chi connectivity index (χ2v) is 5.91. The lowest BCUT2D eigenvalue weighted by molar-refractivity contribution is -0.151. The zero-order valence-corrected chi connectivity index (χ0v) is 12.4. The highest BCUT2D eigenvalue weighted by Gasteiger charge is 2.32. The van der Waals surface area contributed by atoms with Crippen LogP contribution in [0.3, 0.4) is 0 Å². The van der Waals surface area contributed by atoms with E-state index in [2.05, 4.69) is 24.3 Å². The summed E-state index contributed by atoms with van der Waals surface area (Å²) in [6, 6.07) is 9.85. The number of carbonyl (C=O) groups excluding carboxylic acids is 1. The lowest BCUT2D eigenvalue weighted by atomic mass is 9.81. The van der Waals surface area contributed by atoms with Crippen molar-refractivity contribution in [3.05, 3.63) is 35.9 Å². The van der Waals surface area contributed by atoms with Gasteiger partial charge in [0.05, 0.1) is 0 Å². The Hall–Kier alpha value is -1.35. The Morgan fingerprint density at radius 1 is 1.20 bits per heavy atom. The molecule has 1 aromatic rings. The number of nitrogens with two attached hydrogens (primary N) is 1. The number of rotatable bonds is 5. The summed E-state index contributed by atoms with van der Waals surface area (Å²) in [5.74, 6) is 0.575. The highest BCUT2D eigenvalue weighted by atomic mass is 16.5. The van der Waals surface area contributed by atoms with E-state index in [4.69, 9.17) is 10.5 Å². The molecule has 0 amide bonds. The molecule has 1 aromatic carbocycles. The van der Waals surface area contributed by atoms with Crippen LogP contribution in [0.15, 0.2) is 30.3 Å². The number of hydrogen-bond acceptors (Lipinski definition) is 3. The van der Waals surface area contributed by atoms with E-state index >= 15 is 0 Å². The zero-order chi connectivity index (χ0) is 14.5. The maximum atomic E-state index is 11.8. The van der Waals surface area contributed by atoms with E-state index in [1.807, 2.05) is 13.0 Å². The quantitative estimate of drug-likeness (QED) is 0.839. The average Bonchev–Trinajstić information content (AvgIpc) is 2.93. The molecule has 110 valence electrons. The highest BCUT2D eigenvalue weighted by molar-refractivity contribution is 5.75. The molecular formula is C17H25NO2. The summed E-state index contributed by atoms with van der Waals surface area (Å²) in [6.45, 7) is 3.67. The Morgan fingerprint density at radius 3 is 2.35 bits per heavy atom. The lowest BCUT2D eigenvalue weighted by Gasteiger charge is -2.30. The first-order valence-corrected chi connectivity index (χ1v) is 7.60. The van der Waals surface area contributed by atoms with Gasteiger partial charge in [0.25, 0.3) is 0 Å². The first-order chi connectivity index (χ1) is 9.59. The standard InChI is InChI=1S/C17H25NO2/c1-12(18)17(19)20-13(2)16(15-10-6-7-11-15)14-8-4-3-5-9-14/h3-5,8-9,12-13,15-16H,6-7,10-11,18H2,1-2H3/t12-,13-,16-/m0/s1. The summed E-state index contributed by atoms with van der Waals surface area (Å²) in [7, 11) is 0. The van der Waals surface area contributed by atoms with Crippen LogP contribution in [-0.2, 0) is 9.53 Å². The third kappa shape index (κ3) is 3.60. The summed E-state index contributed by atoms with van der Waals surface area (Å²) >= 11 is 0. The number of esters is 1. The van der Waals surface area contributed by atoms with E-state index < -0.39 is 6.04 Å². The monoisotopic (exact) mass is 275 g/mol. The Kier molecular flexibility index (Phi) is 5.18. The smallest absolute Gasteiger partial charge is 0.322 e. The largest absolute Gasteiger partial charge is 0.461 e. The summed E-state index contributed by atoms with van der Waals surface area (Å²) in [6.07, 6.45) is 4.88. The third-order valence-corrected chi connectivity index (χ3v) is 4.27. The van der Waals surface area contributed by atoms with Gasteiger partial charge in [-0.15, -0.1) is 0 Å². The van der Waals surface area contributed by atoms with Crippen molar-refractivity contribution in [2.75, 3.05) is 0 Å². The zero-order valence-electron chi connectivity index (χ0n) is 12.4. The molecule has 0 aromatic heterocycles. The maximum Gasteiger partial charge on any atom is 0.322 e. The van der Waals surface area contributed by atoms with Crippen LogP contribution < -0.4 is 5.73 Å². The predicted molar refractivity (Wildman–Crippen MR) is 80.3 cm³/mol. The van der Waals surface area contributed by atoms with E-state index in [9.17, 15) is 4.79 Å². The van der Waals surface area contributed by atoms with Crippen LogP contribution in [0.4, 0.5) is 0 Å². The first kappa shape index (κ1) is 15.0. The van der Waals surface area contributed by atoms with Crippen LogP contribution in [0.25, 0.3) is 0 Å². The molecule has 1 saturated carbocycles. The second-order valence-electron chi connectivity index (χ2n) is 5.91.